The molecule has 2 rings (SSSR count). The molecule has 1 aromatic rings. The van der Waals surface area contributed by atoms with Gasteiger partial charge < -0.3 is 20.3 Å². The number of likely N-dealkylation sites (N-methyl/N-ethyl adjacent to an activating group) is 1. The molecular weight excluding hydrogens is 308 g/mol. The van der Waals surface area contributed by atoms with E-state index in [1.54, 1.807) is 12.1 Å². The van der Waals surface area contributed by atoms with E-state index in [1.165, 1.54) is 7.11 Å². The lowest BCUT2D eigenvalue weighted by Gasteiger charge is -2.37. The number of carbonyl (C=O) groups is 1. The highest BCUT2D eigenvalue weighted by molar-refractivity contribution is 6.30. The third-order valence-corrected chi connectivity index (χ3v) is 3.87. The summed E-state index contributed by atoms with van der Waals surface area (Å²) in [5.74, 6) is 0.193. The maximum absolute atomic E-state index is 10.7. The van der Waals surface area contributed by atoms with Crippen LogP contribution in [0.2, 0.25) is 5.02 Å². The van der Waals surface area contributed by atoms with Crippen molar-refractivity contribution in [2.24, 2.45) is 5.73 Å². The minimum Gasteiger partial charge on any atom is -0.493 e. The average Bonchev–Trinajstić information content (AvgIpc) is 2.43. The zero-order valence-corrected chi connectivity index (χ0v) is 13.5. The Bertz CT molecular complexity index is 547. The number of hydrogen-bond donors (Lipinski definition) is 2. The highest BCUT2D eigenvalue weighted by Crippen LogP contribution is 2.39. The van der Waals surface area contributed by atoms with Crippen LogP contribution < -0.4 is 15.2 Å². The van der Waals surface area contributed by atoms with Crippen molar-refractivity contribution >= 4 is 17.6 Å². The van der Waals surface area contributed by atoms with Gasteiger partial charge in [0, 0.05) is 42.2 Å². The number of rotatable bonds is 7. The first-order valence-corrected chi connectivity index (χ1v) is 7.48. The quantitative estimate of drug-likeness (QED) is 0.795. The summed E-state index contributed by atoms with van der Waals surface area (Å²) < 4.78 is 11.3. The van der Waals surface area contributed by atoms with Gasteiger partial charge in [-0.25, -0.2) is 0 Å². The number of nitrogens with zero attached hydrogens (tertiary/aromatic N) is 1. The van der Waals surface area contributed by atoms with Gasteiger partial charge in [-0.2, -0.15) is 0 Å². The molecule has 0 bridgehead atoms. The summed E-state index contributed by atoms with van der Waals surface area (Å²) in [6.07, 6.45) is 0.368. The first-order chi connectivity index (χ1) is 10.4. The van der Waals surface area contributed by atoms with Gasteiger partial charge in [-0.15, -0.1) is 0 Å². The smallest absolute Gasteiger partial charge is 0.303 e. The average molecular weight is 329 g/mol. The Morgan fingerprint density at radius 3 is 2.77 bits per heavy atom. The van der Waals surface area contributed by atoms with Crippen molar-refractivity contribution in [1.29, 1.82) is 0 Å². The number of carboxylic acids is 1. The van der Waals surface area contributed by atoms with Crippen LogP contribution in [0.1, 0.15) is 24.4 Å². The molecule has 0 radical (unpaired) electrons. The first kappa shape index (κ1) is 16.9. The summed E-state index contributed by atoms with van der Waals surface area (Å²) in [7, 11) is 3.55. The molecule has 1 aliphatic rings. The summed E-state index contributed by atoms with van der Waals surface area (Å²) in [6.45, 7) is 1.66. The number of halogens is 1. The van der Waals surface area contributed by atoms with Gasteiger partial charge in [-0.3, -0.25) is 9.69 Å². The summed E-state index contributed by atoms with van der Waals surface area (Å²) in [4.78, 5) is 12.9. The van der Waals surface area contributed by atoms with Crippen LogP contribution in [-0.2, 0) is 4.79 Å². The second-order valence-corrected chi connectivity index (χ2v) is 5.96. The fourth-order valence-corrected chi connectivity index (χ4v) is 2.68. The van der Waals surface area contributed by atoms with E-state index in [2.05, 4.69) is 4.90 Å². The van der Waals surface area contributed by atoms with Crippen molar-refractivity contribution in [1.82, 2.24) is 4.90 Å². The Hall–Kier alpha value is -1.50. The van der Waals surface area contributed by atoms with Gasteiger partial charge in [-0.05, 0) is 19.5 Å². The lowest BCUT2D eigenvalue weighted by atomic mass is 10.0. The molecule has 1 unspecified atom stereocenters. The fourth-order valence-electron chi connectivity index (χ4n) is 2.46. The van der Waals surface area contributed by atoms with E-state index < -0.39 is 12.0 Å². The van der Waals surface area contributed by atoms with Gasteiger partial charge in [0.05, 0.1) is 7.11 Å². The van der Waals surface area contributed by atoms with Crippen molar-refractivity contribution in [3.05, 3.63) is 22.7 Å². The molecule has 1 aromatic carbocycles. The molecule has 122 valence electrons. The summed E-state index contributed by atoms with van der Waals surface area (Å²) in [5, 5.41) is 9.29. The lowest BCUT2D eigenvalue weighted by Crippen LogP contribution is -2.51. The molecule has 1 saturated heterocycles. The van der Waals surface area contributed by atoms with Gasteiger partial charge in [-0.1, -0.05) is 11.6 Å². The SMILES string of the molecule is COc1cc(Cl)cc(C(N)CCC(=O)O)c1OC1CN(C)C1. The monoisotopic (exact) mass is 328 g/mol. The number of nitrogens with two attached hydrogens (primary N) is 1. The Kier molecular flexibility index (Phi) is 5.50. The number of aliphatic carboxylic acids is 1. The topological polar surface area (TPSA) is 85.0 Å². The van der Waals surface area contributed by atoms with Crippen LogP contribution >= 0.6 is 11.6 Å². The van der Waals surface area contributed by atoms with Gasteiger partial charge in [0.15, 0.2) is 11.5 Å². The molecule has 0 aromatic heterocycles. The minimum absolute atomic E-state index is 0.0123. The summed E-state index contributed by atoms with van der Waals surface area (Å²) in [6, 6.07) is 2.91. The predicted octanol–water partition coefficient (Wildman–Crippen LogP) is 1.91. The number of benzene rings is 1. The molecule has 0 amide bonds. The molecule has 1 heterocycles. The molecule has 3 N–H and O–H groups in total. The van der Waals surface area contributed by atoms with Crippen LogP contribution in [0.5, 0.6) is 11.5 Å². The number of carboxylic acid groups (broad SMARTS) is 1. The third-order valence-electron chi connectivity index (χ3n) is 3.65. The molecule has 7 heteroatoms. The highest BCUT2D eigenvalue weighted by atomic mass is 35.5. The van der Waals surface area contributed by atoms with Crippen LogP contribution in [0.25, 0.3) is 0 Å². The molecule has 1 fully saturated rings. The van der Waals surface area contributed by atoms with Crippen LogP contribution in [0, 0.1) is 0 Å². The fraction of sp³-hybridized carbons (Fsp3) is 0.533. The van der Waals surface area contributed by atoms with E-state index in [4.69, 9.17) is 31.9 Å². The van der Waals surface area contributed by atoms with Gasteiger partial charge in [0.1, 0.15) is 6.10 Å². The van der Waals surface area contributed by atoms with Crippen molar-refractivity contribution in [3.8, 4) is 11.5 Å². The van der Waals surface area contributed by atoms with Crippen molar-refractivity contribution in [2.45, 2.75) is 25.0 Å². The molecule has 0 spiro atoms. The maximum atomic E-state index is 10.7. The van der Waals surface area contributed by atoms with Crippen molar-refractivity contribution < 1.29 is 19.4 Å². The molecule has 0 saturated carbocycles. The second kappa shape index (κ2) is 7.17. The lowest BCUT2D eigenvalue weighted by molar-refractivity contribution is -0.137. The second-order valence-electron chi connectivity index (χ2n) is 5.53. The molecule has 22 heavy (non-hydrogen) atoms. The molecular formula is C15H21ClN2O4. The van der Waals surface area contributed by atoms with Crippen molar-refractivity contribution in [3.63, 3.8) is 0 Å². The van der Waals surface area contributed by atoms with E-state index in [0.717, 1.165) is 13.1 Å². The standard InChI is InChI=1S/C15H21ClN2O4/c1-18-7-10(8-18)22-15-11(12(17)3-4-14(19)20)5-9(16)6-13(15)21-2/h5-6,10,12H,3-4,7-8,17H2,1-2H3,(H,19,20). The normalized spacial score (nSPS) is 16.9. The van der Waals surface area contributed by atoms with Crippen molar-refractivity contribution in [2.75, 3.05) is 27.2 Å². The van der Waals surface area contributed by atoms with E-state index in [0.29, 0.717) is 28.5 Å². The third kappa shape index (κ3) is 4.03. The van der Waals surface area contributed by atoms with Crippen LogP contribution in [0.15, 0.2) is 12.1 Å². The van der Waals surface area contributed by atoms with Crippen LogP contribution in [0.4, 0.5) is 0 Å². The Morgan fingerprint density at radius 2 is 2.23 bits per heavy atom. The number of methoxy groups -OCH3 is 1. The highest BCUT2D eigenvalue weighted by Gasteiger charge is 2.28. The Balaban J connectivity index is 2.24. The maximum Gasteiger partial charge on any atom is 0.303 e. The minimum atomic E-state index is -0.882. The van der Waals surface area contributed by atoms with Gasteiger partial charge in [0.2, 0.25) is 0 Å². The van der Waals surface area contributed by atoms with Gasteiger partial charge in [0.25, 0.3) is 0 Å². The van der Waals surface area contributed by atoms with E-state index in [1.807, 2.05) is 7.05 Å². The van der Waals surface area contributed by atoms with Gasteiger partial charge >= 0.3 is 5.97 Å². The number of likely N-dealkylation sites (tertiary alicyclic amines) is 1. The zero-order valence-electron chi connectivity index (χ0n) is 12.7. The summed E-state index contributed by atoms with van der Waals surface area (Å²) >= 11 is 6.10. The molecule has 1 atom stereocenters. The van der Waals surface area contributed by atoms with Crippen LogP contribution in [-0.4, -0.2) is 49.3 Å². The Morgan fingerprint density at radius 1 is 1.55 bits per heavy atom. The number of hydrogen-bond acceptors (Lipinski definition) is 5. The largest absolute Gasteiger partial charge is 0.493 e. The zero-order chi connectivity index (χ0) is 16.3. The molecule has 6 nitrogen and oxygen atoms in total. The Labute approximate surface area is 134 Å². The predicted molar refractivity (Wildman–Crippen MR) is 83.7 cm³/mol. The first-order valence-electron chi connectivity index (χ1n) is 7.10. The molecule has 1 aliphatic heterocycles. The van der Waals surface area contributed by atoms with E-state index >= 15 is 0 Å². The van der Waals surface area contributed by atoms with E-state index in [-0.39, 0.29) is 12.5 Å². The van der Waals surface area contributed by atoms with E-state index in [9.17, 15) is 4.79 Å². The molecule has 0 aliphatic carbocycles. The number of ether oxygens (including phenoxy) is 2. The van der Waals surface area contributed by atoms with Crippen LogP contribution in [0.3, 0.4) is 0 Å². The summed E-state index contributed by atoms with van der Waals surface area (Å²) in [5.41, 5.74) is 6.81.